The van der Waals surface area contributed by atoms with Crippen LogP contribution in [0.25, 0.3) is 0 Å². The van der Waals surface area contributed by atoms with Crippen LogP contribution in [0, 0.1) is 0 Å². The Morgan fingerprint density at radius 1 is 0.765 bits per heavy atom. The zero-order valence-corrected chi connectivity index (χ0v) is 10.3. The molecule has 0 radical (unpaired) electrons. The fraction of sp³-hybridized carbons (Fsp3) is 0.286. The third kappa shape index (κ3) is 3.11. The van der Waals surface area contributed by atoms with Crippen molar-refractivity contribution >= 4 is 11.4 Å². The maximum atomic E-state index is 3.45. The van der Waals surface area contributed by atoms with Crippen LogP contribution in [-0.2, 0) is 0 Å². The van der Waals surface area contributed by atoms with E-state index in [0.29, 0.717) is 6.04 Å². The molecule has 17 heavy (non-hydrogen) atoms. The van der Waals surface area contributed by atoms with Crippen molar-refractivity contribution in [2.75, 3.05) is 24.7 Å². The first-order chi connectivity index (χ1) is 8.31. The summed E-state index contributed by atoms with van der Waals surface area (Å²) >= 11 is 0. The molecule has 3 N–H and O–H groups in total. The summed E-state index contributed by atoms with van der Waals surface area (Å²) in [6.45, 7) is 0. The Labute approximate surface area is 103 Å². The summed E-state index contributed by atoms with van der Waals surface area (Å²) in [7, 11) is 3.89. The Morgan fingerprint density at radius 2 is 1.29 bits per heavy atom. The van der Waals surface area contributed by atoms with Gasteiger partial charge in [0.1, 0.15) is 0 Å². The largest absolute Gasteiger partial charge is 0.388 e. The van der Waals surface area contributed by atoms with Crippen LogP contribution < -0.4 is 16.0 Å². The molecule has 0 spiro atoms. The second-order valence-electron chi connectivity index (χ2n) is 4.08. The molecule has 0 fully saturated rings. The van der Waals surface area contributed by atoms with Gasteiger partial charge in [0.2, 0.25) is 0 Å². The fourth-order valence-corrected chi connectivity index (χ4v) is 1.82. The lowest BCUT2D eigenvalue weighted by molar-refractivity contribution is 0.772. The molecule has 1 aromatic rings. The van der Waals surface area contributed by atoms with E-state index in [2.05, 4.69) is 64.5 Å². The summed E-state index contributed by atoms with van der Waals surface area (Å²) in [4.78, 5) is 0. The Morgan fingerprint density at radius 3 is 1.82 bits per heavy atom. The first-order valence-corrected chi connectivity index (χ1v) is 5.90. The maximum Gasteiger partial charge on any atom is 0.0630 e. The number of hydrogen-bond acceptors (Lipinski definition) is 3. The predicted molar refractivity (Wildman–Crippen MR) is 74.5 cm³/mol. The summed E-state index contributed by atoms with van der Waals surface area (Å²) in [6.07, 6.45) is 8.68. The van der Waals surface area contributed by atoms with Crippen molar-refractivity contribution in [3.8, 4) is 0 Å². The first kappa shape index (κ1) is 11.7. The molecule has 0 saturated heterocycles. The van der Waals surface area contributed by atoms with Crippen LogP contribution >= 0.6 is 0 Å². The van der Waals surface area contributed by atoms with Crippen molar-refractivity contribution in [1.82, 2.24) is 5.32 Å². The standard InChI is InChI=1S/C14H19N3/c1-15-11-3-7-13(8-4-11)17-14-9-5-12(16-2)6-10-14/h3-11,13,15-17H,1-2H3. The molecule has 0 aromatic heterocycles. The molecule has 0 unspecified atom stereocenters. The average Bonchev–Trinajstić information content (AvgIpc) is 2.40. The maximum absolute atomic E-state index is 3.45. The number of nitrogens with one attached hydrogen (secondary N) is 3. The van der Waals surface area contributed by atoms with Gasteiger partial charge in [-0.15, -0.1) is 0 Å². The van der Waals surface area contributed by atoms with E-state index in [-0.39, 0.29) is 6.04 Å². The quantitative estimate of drug-likeness (QED) is 0.693. The van der Waals surface area contributed by atoms with Crippen LogP contribution in [0.2, 0.25) is 0 Å². The molecule has 3 nitrogen and oxygen atoms in total. The number of anilines is 2. The molecule has 90 valence electrons. The highest BCUT2D eigenvalue weighted by atomic mass is 14.9. The van der Waals surface area contributed by atoms with E-state index in [1.807, 2.05) is 14.1 Å². The van der Waals surface area contributed by atoms with Gasteiger partial charge in [-0.05, 0) is 31.3 Å². The van der Waals surface area contributed by atoms with Gasteiger partial charge in [-0.3, -0.25) is 0 Å². The molecule has 0 bridgehead atoms. The second kappa shape index (κ2) is 5.55. The van der Waals surface area contributed by atoms with Gasteiger partial charge in [0.25, 0.3) is 0 Å². The molecule has 0 amide bonds. The molecule has 0 atom stereocenters. The third-order valence-electron chi connectivity index (χ3n) is 2.89. The third-order valence-corrected chi connectivity index (χ3v) is 2.89. The molecular formula is C14H19N3. The highest BCUT2D eigenvalue weighted by molar-refractivity contribution is 5.54. The SMILES string of the molecule is CNc1ccc(NC2C=CC(NC)C=C2)cc1. The summed E-state index contributed by atoms with van der Waals surface area (Å²) in [5.41, 5.74) is 2.26. The predicted octanol–water partition coefficient (Wildman–Crippen LogP) is 2.22. The smallest absolute Gasteiger partial charge is 0.0630 e. The number of benzene rings is 1. The summed E-state index contributed by atoms with van der Waals surface area (Å²) in [6, 6.07) is 8.93. The van der Waals surface area contributed by atoms with Gasteiger partial charge in [-0.1, -0.05) is 24.3 Å². The fourth-order valence-electron chi connectivity index (χ4n) is 1.82. The monoisotopic (exact) mass is 229 g/mol. The average molecular weight is 229 g/mol. The van der Waals surface area contributed by atoms with Crippen molar-refractivity contribution in [2.24, 2.45) is 0 Å². The van der Waals surface area contributed by atoms with E-state index >= 15 is 0 Å². The van der Waals surface area contributed by atoms with Gasteiger partial charge in [0.05, 0.1) is 6.04 Å². The molecular weight excluding hydrogens is 210 g/mol. The van der Waals surface area contributed by atoms with Crippen molar-refractivity contribution in [2.45, 2.75) is 12.1 Å². The van der Waals surface area contributed by atoms with Gasteiger partial charge in [0, 0.05) is 24.5 Å². The molecule has 0 heterocycles. The van der Waals surface area contributed by atoms with Crippen LogP contribution in [0.4, 0.5) is 11.4 Å². The molecule has 1 aromatic carbocycles. The molecule has 1 aliphatic rings. The van der Waals surface area contributed by atoms with Gasteiger partial charge in [-0.2, -0.15) is 0 Å². The van der Waals surface area contributed by atoms with E-state index < -0.39 is 0 Å². The van der Waals surface area contributed by atoms with Gasteiger partial charge in [0.15, 0.2) is 0 Å². The van der Waals surface area contributed by atoms with E-state index in [1.54, 1.807) is 0 Å². The zero-order chi connectivity index (χ0) is 12.1. The zero-order valence-electron chi connectivity index (χ0n) is 10.3. The lowest BCUT2D eigenvalue weighted by Gasteiger charge is -2.18. The van der Waals surface area contributed by atoms with Crippen LogP contribution in [0.1, 0.15) is 0 Å². The summed E-state index contributed by atoms with van der Waals surface area (Å²) in [5.74, 6) is 0. The normalized spacial score (nSPS) is 22.5. The van der Waals surface area contributed by atoms with Crippen molar-refractivity contribution in [3.63, 3.8) is 0 Å². The van der Waals surface area contributed by atoms with Crippen molar-refractivity contribution in [3.05, 3.63) is 48.6 Å². The van der Waals surface area contributed by atoms with Crippen molar-refractivity contribution < 1.29 is 0 Å². The molecule has 3 heteroatoms. The summed E-state index contributed by atoms with van der Waals surface area (Å²) in [5, 5.41) is 9.75. The Kier molecular flexibility index (Phi) is 3.83. The number of rotatable bonds is 4. The van der Waals surface area contributed by atoms with E-state index in [1.165, 1.54) is 0 Å². The van der Waals surface area contributed by atoms with Crippen LogP contribution in [0.5, 0.6) is 0 Å². The molecule has 2 rings (SSSR count). The molecule has 0 aliphatic heterocycles. The van der Waals surface area contributed by atoms with E-state index in [9.17, 15) is 0 Å². The van der Waals surface area contributed by atoms with Crippen molar-refractivity contribution in [1.29, 1.82) is 0 Å². The van der Waals surface area contributed by atoms with E-state index in [0.717, 1.165) is 11.4 Å². The molecule has 1 aliphatic carbocycles. The Hall–Kier alpha value is -1.74. The van der Waals surface area contributed by atoms with Gasteiger partial charge >= 0.3 is 0 Å². The van der Waals surface area contributed by atoms with E-state index in [4.69, 9.17) is 0 Å². The number of likely N-dealkylation sites (N-methyl/N-ethyl adjacent to an activating group) is 1. The highest BCUT2D eigenvalue weighted by Gasteiger charge is 2.07. The lowest BCUT2D eigenvalue weighted by Crippen LogP contribution is -2.26. The van der Waals surface area contributed by atoms with Gasteiger partial charge < -0.3 is 16.0 Å². The minimum Gasteiger partial charge on any atom is -0.388 e. The molecule has 0 saturated carbocycles. The second-order valence-corrected chi connectivity index (χ2v) is 4.08. The Bertz CT molecular complexity index is 392. The minimum atomic E-state index is 0.278. The lowest BCUT2D eigenvalue weighted by atomic mass is 10.1. The topological polar surface area (TPSA) is 36.1 Å². The van der Waals surface area contributed by atoms with Crippen LogP contribution in [-0.4, -0.2) is 26.2 Å². The van der Waals surface area contributed by atoms with Crippen LogP contribution in [0.15, 0.2) is 48.6 Å². The first-order valence-electron chi connectivity index (χ1n) is 5.90. The van der Waals surface area contributed by atoms with Crippen LogP contribution in [0.3, 0.4) is 0 Å². The minimum absolute atomic E-state index is 0.278. The highest BCUT2D eigenvalue weighted by Crippen LogP contribution is 2.15. The number of hydrogen-bond donors (Lipinski definition) is 3. The summed E-state index contributed by atoms with van der Waals surface area (Å²) < 4.78 is 0. The Balaban J connectivity index is 1.95. The van der Waals surface area contributed by atoms with Gasteiger partial charge in [-0.25, -0.2) is 0 Å².